The number of carbonyl (C=O) groups excluding carboxylic acids is 1. The molecule has 2 N–H and O–H groups in total. The number of nitrogens with zero attached hydrogens (tertiary/aromatic N) is 4. The van der Waals surface area contributed by atoms with Gasteiger partial charge in [-0.2, -0.15) is 18.3 Å². The Morgan fingerprint density at radius 2 is 2.04 bits per heavy atom. The molecule has 2 heterocycles. The first-order valence-corrected chi connectivity index (χ1v) is 8.31. The van der Waals surface area contributed by atoms with E-state index in [1.54, 1.807) is 6.20 Å². The molecule has 10 heteroatoms. The van der Waals surface area contributed by atoms with Gasteiger partial charge in [-0.1, -0.05) is 12.8 Å². The van der Waals surface area contributed by atoms with Gasteiger partial charge in [0.05, 0.1) is 11.9 Å². The number of rotatable bonds is 5. The molecule has 1 aliphatic carbocycles. The first kappa shape index (κ1) is 18.2. The lowest BCUT2D eigenvalue weighted by Crippen LogP contribution is -2.35. The summed E-state index contributed by atoms with van der Waals surface area (Å²) < 4.78 is 39.6. The predicted octanol–water partition coefficient (Wildman–Crippen LogP) is 2.80. The fourth-order valence-electron chi connectivity index (χ4n) is 2.98. The summed E-state index contributed by atoms with van der Waals surface area (Å²) in [5.41, 5.74) is -0.534. The second-order valence-corrected chi connectivity index (χ2v) is 6.36. The van der Waals surface area contributed by atoms with Crippen molar-refractivity contribution in [3.05, 3.63) is 29.7 Å². The molecule has 1 amide bonds. The van der Waals surface area contributed by atoms with Crippen LogP contribution in [0.1, 0.15) is 36.9 Å². The van der Waals surface area contributed by atoms with Crippen molar-refractivity contribution in [2.45, 2.75) is 51.4 Å². The maximum Gasteiger partial charge on any atom is 0.435 e. The van der Waals surface area contributed by atoms with Gasteiger partial charge < -0.3 is 10.6 Å². The highest BCUT2D eigenvalue weighted by Gasteiger charge is 2.35. The Bertz CT molecular complexity index is 783. The lowest BCUT2D eigenvalue weighted by molar-refractivity contribution is -0.142. The SMILES string of the molecule is Cc1cc(Nc2cnn(CC(=O)NC3CCCC3)c2)nnc1C(F)(F)F. The summed E-state index contributed by atoms with van der Waals surface area (Å²) in [6.45, 7) is 1.40. The van der Waals surface area contributed by atoms with Crippen LogP contribution in [0.25, 0.3) is 0 Å². The molecule has 1 fully saturated rings. The highest BCUT2D eigenvalue weighted by molar-refractivity contribution is 5.76. The molecule has 2 aromatic rings. The van der Waals surface area contributed by atoms with Crippen molar-refractivity contribution in [3.63, 3.8) is 0 Å². The van der Waals surface area contributed by atoms with E-state index in [0.717, 1.165) is 25.7 Å². The fraction of sp³-hybridized carbons (Fsp3) is 0.500. The fourth-order valence-corrected chi connectivity index (χ4v) is 2.98. The van der Waals surface area contributed by atoms with Gasteiger partial charge in [0, 0.05) is 12.2 Å². The molecule has 1 aliphatic rings. The summed E-state index contributed by atoms with van der Waals surface area (Å²) in [4.78, 5) is 12.0. The number of hydrogen-bond acceptors (Lipinski definition) is 5. The predicted molar refractivity (Wildman–Crippen MR) is 87.7 cm³/mol. The topological polar surface area (TPSA) is 84.7 Å². The van der Waals surface area contributed by atoms with Gasteiger partial charge in [-0.15, -0.1) is 10.2 Å². The average Bonchev–Trinajstić information content (AvgIpc) is 3.18. The van der Waals surface area contributed by atoms with Crippen LogP contribution in [0.2, 0.25) is 0 Å². The molecule has 2 aromatic heterocycles. The van der Waals surface area contributed by atoms with Gasteiger partial charge in [0.25, 0.3) is 0 Å². The Morgan fingerprint density at radius 3 is 2.69 bits per heavy atom. The van der Waals surface area contributed by atoms with Crippen molar-refractivity contribution >= 4 is 17.4 Å². The number of amides is 1. The van der Waals surface area contributed by atoms with E-state index in [4.69, 9.17) is 0 Å². The zero-order valence-electron chi connectivity index (χ0n) is 14.2. The number of nitrogens with one attached hydrogen (secondary N) is 2. The lowest BCUT2D eigenvalue weighted by Gasteiger charge is -2.11. The minimum absolute atomic E-state index is 0.0293. The lowest BCUT2D eigenvalue weighted by atomic mass is 10.2. The molecule has 1 saturated carbocycles. The molecule has 0 unspecified atom stereocenters. The number of aromatic nitrogens is 4. The smallest absolute Gasteiger partial charge is 0.352 e. The first-order valence-electron chi connectivity index (χ1n) is 8.31. The van der Waals surface area contributed by atoms with Crippen molar-refractivity contribution in [3.8, 4) is 0 Å². The van der Waals surface area contributed by atoms with Crippen LogP contribution < -0.4 is 10.6 Å². The third-order valence-corrected chi connectivity index (χ3v) is 4.18. The van der Waals surface area contributed by atoms with E-state index in [2.05, 4.69) is 25.9 Å². The Kier molecular flexibility index (Phi) is 5.10. The van der Waals surface area contributed by atoms with Gasteiger partial charge in [-0.05, 0) is 31.4 Å². The molecular formula is C16H19F3N6O. The summed E-state index contributed by atoms with van der Waals surface area (Å²) in [5.74, 6) is 0.0576. The summed E-state index contributed by atoms with van der Waals surface area (Å²) in [6, 6.07) is 1.50. The van der Waals surface area contributed by atoms with Gasteiger partial charge in [-0.3, -0.25) is 9.48 Å². The Morgan fingerprint density at radius 1 is 1.31 bits per heavy atom. The number of hydrogen-bond donors (Lipinski definition) is 2. The van der Waals surface area contributed by atoms with E-state index >= 15 is 0 Å². The van der Waals surface area contributed by atoms with E-state index in [1.165, 1.54) is 23.9 Å². The van der Waals surface area contributed by atoms with Gasteiger partial charge >= 0.3 is 6.18 Å². The Balaban J connectivity index is 1.59. The third-order valence-electron chi connectivity index (χ3n) is 4.18. The van der Waals surface area contributed by atoms with Crippen molar-refractivity contribution in [2.75, 3.05) is 5.32 Å². The molecule has 7 nitrogen and oxygen atoms in total. The van der Waals surface area contributed by atoms with E-state index in [-0.39, 0.29) is 29.9 Å². The molecule has 0 spiro atoms. The summed E-state index contributed by atoms with van der Waals surface area (Å²) in [7, 11) is 0. The normalized spacial score (nSPS) is 15.2. The molecule has 0 saturated heterocycles. The third kappa shape index (κ3) is 4.50. The number of halogens is 3. The van der Waals surface area contributed by atoms with Crippen LogP contribution in [0.15, 0.2) is 18.5 Å². The van der Waals surface area contributed by atoms with Crippen LogP contribution in [0.4, 0.5) is 24.7 Å². The summed E-state index contributed by atoms with van der Waals surface area (Å²) >= 11 is 0. The molecule has 26 heavy (non-hydrogen) atoms. The Hall–Kier alpha value is -2.65. The molecular weight excluding hydrogens is 349 g/mol. The van der Waals surface area contributed by atoms with E-state index in [1.807, 2.05) is 0 Å². The van der Waals surface area contributed by atoms with Crippen LogP contribution in [-0.2, 0) is 17.5 Å². The van der Waals surface area contributed by atoms with E-state index in [9.17, 15) is 18.0 Å². The Labute approximate surface area is 148 Å². The number of carbonyl (C=O) groups is 1. The number of anilines is 2. The van der Waals surface area contributed by atoms with Crippen molar-refractivity contribution in [1.29, 1.82) is 0 Å². The highest BCUT2D eigenvalue weighted by atomic mass is 19.4. The van der Waals surface area contributed by atoms with Gasteiger partial charge in [0.2, 0.25) is 5.91 Å². The molecule has 0 aliphatic heterocycles. The maximum atomic E-state index is 12.7. The number of aryl methyl sites for hydroxylation is 1. The molecule has 0 atom stereocenters. The first-order chi connectivity index (χ1) is 12.3. The minimum atomic E-state index is -4.53. The average molecular weight is 368 g/mol. The largest absolute Gasteiger partial charge is 0.435 e. The van der Waals surface area contributed by atoms with Gasteiger partial charge in [0.1, 0.15) is 6.54 Å². The minimum Gasteiger partial charge on any atom is -0.352 e. The van der Waals surface area contributed by atoms with Crippen LogP contribution in [0, 0.1) is 6.92 Å². The van der Waals surface area contributed by atoms with Crippen LogP contribution >= 0.6 is 0 Å². The highest BCUT2D eigenvalue weighted by Crippen LogP contribution is 2.30. The van der Waals surface area contributed by atoms with Crippen LogP contribution in [-0.4, -0.2) is 31.9 Å². The molecule has 140 valence electrons. The van der Waals surface area contributed by atoms with Crippen molar-refractivity contribution in [2.24, 2.45) is 0 Å². The maximum absolute atomic E-state index is 12.7. The monoisotopic (exact) mass is 368 g/mol. The second kappa shape index (κ2) is 7.30. The zero-order chi connectivity index (χ0) is 18.7. The van der Waals surface area contributed by atoms with E-state index in [0.29, 0.717) is 5.69 Å². The zero-order valence-corrected chi connectivity index (χ0v) is 14.2. The van der Waals surface area contributed by atoms with E-state index < -0.39 is 11.9 Å². The van der Waals surface area contributed by atoms with Gasteiger partial charge in [0.15, 0.2) is 11.5 Å². The summed E-state index contributed by atoms with van der Waals surface area (Å²) in [6.07, 6.45) is 2.80. The molecule has 3 rings (SSSR count). The summed E-state index contributed by atoms with van der Waals surface area (Å²) in [5, 5.41) is 16.6. The second-order valence-electron chi connectivity index (χ2n) is 6.36. The quantitative estimate of drug-likeness (QED) is 0.848. The van der Waals surface area contributed by atoms with Crippen LogP contribution in [0.3, 0.4) is 0 Å². The standard InChI is InChI=1S/C16H19F3N6O/c1-10-6-13(23-24-15(10)16(17,18)19)21-12-7-20-25(8-12)9-14(26)22-11-4-2-3-5-11/h6-8,11H,2-5,9H2,1H3,(H,21,23)(H,22,26). The molecule has 0 bridgehead atoms. The van der Waals surface area contributed by atoms with Crippen molar-refractivity contribution in [1.82, 2.24) is 25.3 Å². The molecule has 0 aromatic carbocycles. The number of alkyl halides is 3. The van der Waals surface area contributed by atoms with Gasteiger partial charge in [-0.25, -0.2) is 0 Å². The molecule has 0 radical (unpaired) electrons. The van der Waals surface area contributed by atoms with Crippen molar-refractivity contribution < 1.29 is 18.0 Å². The van der Waals surface area contributed by atoms with Crippen LogP contribution in [0.5, 0.6) is 0 Å².